The van der Waals surface area contributed by atoms with Crippen molar-refractivity contribution in [2.24, 2.45) is 0 Å². The zero-order valence-electron chi connectivity index (χ0n) is 16.1. The molecule has 3 heterocycles. The van der Waals surface area contributed by atoms with Crippen molar-refractivity contribution < 1.29 is 9.53 Å². The number of ether oxygens (including phenoxy) is 1. The maximum Gasteiger partial charge on any atom is 0.270 e. The second-order valence-corrected chi connectivity index (χ2v) is 7.21. The normalized spacial score (nSPS) is 12.9. The number of carbonyl (C=O) groups excluding carboxylic acids is 1. The summed E-state index contributed by atoms with van der Waals surface area (Å²) in [7, 11) is 1.65. The van der Waals surface area contributed by atoms with Gasteiger partial charge in [0.25, 0.3) is 5.91 Å². The van der Waals surface area contributed by atoms with Crippen LogP contribution in [0.15, 0.2) is 60.8 Å². The summed E-state index contributed by atoms with van der Waals surface area (Å²) in [5, 5.41) is 1.04. The van der Waals surface area contributed by atoms with Crippen LogP contribution >= 0.6 is 0 Å². The number of benzene rings is 2. The molecule has 0 bridgehead atoms. The molecule has 1 amide bonds. The van der Waals surface area contributed by atoms with Crippen LogP contribution in [0.4, 0.5) is 0 Å². The second kappa shape index (κ2) is 7.05. The van der Waals surface area contributed by atoms with Crippen LogP contribution in [0.5, 0.6) is 5.75 Å². The number of methoxy groups -OCH3 is 1. The van der Waals surface area contributed by atoms with Gasteiger partial charge in [0, 0.05) is 35.6 Å². The Balaban J connectivity index is 1.32. The Kier molecular flexibility index (Phi) is 4.24. The summed E-state index contributed by atoms with van der Waals surface area (Å²) in [5.74, 6) is 1.57. The third kappa shape index (κ3) is 3.33. The van der Waals surface area contributed by atoms with Crippen LogP contribution < -0.4 is 4.74 Å². The molecule has 1 aliphatic rings. The van der Waals surface area contributed by atoms with Gasteiger partial charge in [-0.1, -0.05) is 30.3 Å². The van der Waals surface area contributed by atoms with Crippen molar-refractivity contribution in [1.29, 1.82) is 0 Å². The first kappa shape index (κ1) is 17.4. The van der Waals surface area contributed by atoms with Gasteiger partial charge in [-0.3, -0.25) is 4.79 Å². The van der Waals surface area contributed by atoms with E-state index < -0.39 is 0 Å². The number of nitrogens with zero attached hydrogens (tertiary/aromatic N) is 3. The number of amides is 1. The number of aromatic amines is 1. The van der Waals surface area contributed by atoms with E-state index in [1.54, 1.807) is 12.0 Å². The predicted octanol–water partition coefficient (Wildman–Crippen LogP) is 3.71. The van der Waals surface area contributed by atoms with Crippen molar-refractivity contribution in [3.63, 3.8) is 0 Å². The van der Waals surface area contributed by atoms with E-state index in [4.69, 9.17) is 9.72 Å². The predicted molar refractivity (Wildman–Crippen MR) is 110 cm³/mol. The topological polar surface area (TPSA) is 71.1 Å². The first-order chi connectivity index (χ1) is 14.2. The molecule has 0 radical (unpaired) electrons. The van der Waals surface area contributed by atoms with Gasteiger partial charge in [0.15, 0.2) is 0 Å². The smallest absolute Gasteiger partial charge is 0.270 e. The van der Waals surface area contributed by atoms with Gasteiger partial charge in [0.2, 0.25) is 0 Å². The number of fused-ring (bicyclic) bond motifs is 2. The van der Waals surface area contributed by atoms with Crippen LogP contribution in [-0.2, 0) is 19.5 Å². The van der Waals surface area contributed by atoms with E-state index in [1.165, 1.54) is 0 Å². The quantitative estimate of drug-likeness (QED) is 0.582. The van der Waals surface area contributed by atoms with Crippen molar-refractivity contribution in [2.75, 3.05) is 7.11 Å². The number of H-pyrrole nitrogens is 1. The summed E-state index contributed by atoms with van der Waals surface area (Å²) in [6.45, 7) is 1.04. The monoisotopic (exact) mass is 384 g/mol. The Morgan fingerprint density at radius 3 is 2.76 bits per heavy atom. The molecule has 5 rings (SSSR count). The van der Waals surface area contributed by atoms with E-state index in [-0.39, 0.29) is 5.91 Å². The highest BCUT2D eigenvalue weighted by Gasteiger charge is 2.27. The number of hydrogen-bond acceptors (Lipinski definition) is 4. The van der Waals surface area contributed by atoms with Crippen molar-refractivity contribution in [1.82, 2.24) is 19.9 Å². The number of nitrogens with one attached hydrogen (secondary N) is 1. The minimum Gasteiger partial charge on any atom is -0.497 e. The van der Waals surface area contributed by atoms with E-state index in [2.05, 4.69) is 9.97 Å². The Bertz CT molecular complexity index is 1160. The molecule has 0 spiro atoms. The maximum atomic E-state index is 13.0. The van der Waals surface area contributed by atoms with E-state index in [9.17, 15) is 4.79 Å². The van der Waals surface area contributed by atoms with Crippen LogP contribution in [0, 0.1) is 0 Å². The molecule has 0 saturated heterocycles. The van der Waals surface area contributed by atoms with Crippen molar-refractivity contribution in [3.8, 4) is 5.75 Å². The molecule has 144 valence electrons. The highest BCUT2D eigenvalue weighted by Crippen LogP contribution is 2.24. The van der Waals surface area contributed by atoms with Crippen molar-refractivity contribution >= 4 is 16.8 Å². The van der Waals surface area contributed by atoms with Crippen LogP contribution in [0.25, 0.3) is 10.9 Å². The molecule has 0 atom stereocenters. The van der Waals surface area contributed by atoms with Gasteiger partial charge in [-0.25, -0.2) is 9.97 Å². The van der Waals surface area contributed by atoms with E-state index in [0.29, 0.717) is 25.2 Å². The van der Waals surface area contributed by atoms with Crippen molar-refractivity contribution in [3.05, 3.63) is 89.1 Å². The zero-order valence-corrected chi connectivity index (χ0v) is 16.1. The lowest BCUT2D eigenvalue weighted by molar-refractivity contribution is 0.0745. The fourth-order valence-corrected chi connectivity index (χ4v) is 3.71. The number of aromatic nitrogens is 3. The maximum absolute atomic E-state index is 13.0. The second-order valence-electron chi connectivity index (χ2n) is 7.21. The molecule has 0 aliphatic carbocycles. The number of carbonyl (C=O) groups is 1. The lowest BCUT2D eigenvalue weighted by Crippen LogP contribution is -2.25. The van der Waals surface area contributed by atoms with Gasteiger partial charge in [-0.2, -0.15) is 0 Å². The number of rotatable bonds is 4. The summed E-state index contributed by atoms with van der Waals surface area (Å²) in [4.78, 5) is 27.2. The Morgan fingerprint density at radius 1 is 1.14 bits per heavy atom. The summed E-state index contributed by atoms with van der Waals surface area (Å²) >= 11 is 0. The van der Waals surface area contributed by atoms with Crippen LogP contribution in [0.1, 0.15) is 33.1 Å². The fraction of sp³-hybridized carbons (Fsp3) is 0.174. The summed E-state index contributed by atoms with van der Waals surface area (Å²) < 4.78 is 5.20. The lowest BCUT2D eigenvalue weighted by atomic mass is 10.1. The molecule has 1 aliphatic heterocycles. The van der Waals surface area contributed by atoms with E-state index in [1.807, 2.05) is 60.8 Å². The fourth-order valence-electron chi connectivity index (χ4n) is 3.71. The Labute approximate surface area is 168 Å². The SMILES string of the molecule is COc1ccc(Cc2ncc3c(n2)CN(C(=O)c2cc4ccccc4[nH]2)C3)cc1. The van der Waals surface area contributed by atoms with Gasteiger partial charge in [-0.15, -0.1) is 0 Å². The number of hydrogen-bond donors (Lipinski definition) is 1. The third-order valence-corrected chi connectivity index (χ3v) is 5.27. The summed E-state index contributed by atoms with van der Waals surface area (Å²) in [5.41, 5.74) is 4.62. The average molecular weight is 384 g/mol. The molecule has 0 unspecified atom stereocenters. The highest BCUT2D eigenvalue weighted by atomic mass is 16.5. The highest BCUT2D eigenvalue weighted by molar-refractivity contribution is 5.98. The third-order valence-electron chi connectivity index (χ3n) is 5.27. The van der Waals surface area contributed by atoms with E-state index in [0.717, 1.165) is 39.3 Å². The molecule has 0 saturated carbocycles. The molecule has 6 nitrogen and oxygen atoms in total. The average Bonchev–Trinajstić information content (AvgIpc) is 3.37. The first-order valence-corrected chi connectivity index (χ1v) is 9.53. The molecular formula is C23H20N4O2. The largest absolute Gasteiger partial charge is 0.497 e. The van der Waals surface area contributed by atoms with Crippen LogP contribution in [0.3, 0.4) is 0 Å². The van der Waals surface area contributed by atoms with Crippen molar-refractivity contribution in [2.45, 2.75) is 19.5 Å². The molecular weight excluding hydrogens is 364 g/mol. The Hall–Kier alpha value is -3.67. The molecule has 2 aromatic heterocycles. The summed E-state index contributed by atoms with van der Waals surface area (Å²) in [6, 6.07) is 17.7. The van der Waals surface area contributed by atoms with Crippen LogP contribution in [-0.4, -0.2) is 32.9 Å². The summed E-state index contributed by atoms with van der Waals surface area (Å²) in [6.07, 6.45) is 2.49. The first-order valence-electron chi connectivity index (χ1n) is 9.53. The lowest BCUT2D eigenvalue weighted by Gasteiger charge is -2.13. The van der Waals surface area contributed by atoms with Gasteiger partial charge in [-0.05, 0) is 29.8 Å². The van der Waals surface area contributed by atoms with Gasteiger partial charge in [0.1, 0.15) is 17.3 Å². The molecule has 2 aromatic carbocycles. The zero-order chi connectivity index (χ0) is 19.8. The molecule has 4 aromatic rings. The minimum atomic E-state index is -0.0177. The molecule has 6 heteroatoms. The standard InChI is InChI=1S/C23H20N4O2/c1-29-18-8-6-15(7-9-18)10-22-24-12-17-13-27(14-21(17)26-22)23(28)20-11-16-4-2-3-5-19(16)25-20/h2-9,11-12,25H,10,13-14H2,1H3. The van der Waals surface area contributed by atoms with Gasteiger partial charge in [0.05, 0.1) is 19.3 Å². The van der Waals surface area contributed by atoms with E-state index >= 15 is 0 Å². The van der Waals surface area contributed by atoms with Crippen LogP contribution in [0.2, 0.25) is 0 Å². The molecule has 1 N–H and O–H groups in total. The molecule has 29 heavy (non-hydrogen) atoms. The number of para-hydroxylation sites is 1. The van der Waals surface area contributed by atoms with Gasteiger partial charge >= 0.3 is 0 Å². The van der Waals surface area contributed by atoms with Gasteiger partial charge < -0.3 is 14.6 Å². The Morgan fingerprint density at radius 2 is 1.97 bits per heavy atom. The minimum absolute atomic E-state index is 0.0177. The molecule has 0 fully saturated rings.